The highest BCUT2D eigenvalue weighted by Crippen LogP contribution is 2.27. The standard InChI is InChI=1S/C20H18N4O/c1-13-11-21-24-9-8-23(12-19(13)24)20(25)18-10-16-15-5-3-2-4-14(15)6-7-17(16)22-18/h2-7,10-11,22H,8-9,12H2,1H3. The van der Waals surface area contributed by atoms with Gasteiger partial charge in [0.1, 0.15) is 5.69 Å². The minimum absolute atomic E-state index is 0.0483. The fourth-order valence-corrected chi connectivity index (χ4v) is 3.72. The Morgan fingerprint density at radius 1 is 1.12 bits per heavy atom. The van der Waals surface area contributed by atoms with Gasteiger partial charge in [-0.1, -0.05) is 30.3 Å². The lowest BCUT2D eigenvalue weighted by molar-refractivity contribution is 0.0700. The molecule has 1 N–H and O–H groups in total. The molecule has 1 aliphatic heterocycles. The van der Waals surface area contributed by atoms with Crippen LogP contribution in [-0.2, 0) is 13.1 Å². The normalized spacial score (nSPS) is 14.2. The molecule has 0 aliphatic carbocycles. The predicted molar refractivity (Wildman–Crippen MR) is 97.5 cm³/mol. The zero-order valence-electron chi connectivity index (χ0n) is 14.0. The van der Waals surface area contributed by atoms with E-state index in [4.69, 9.17) is 0 Å². The average molecular weight is 330 g/mol. The van der Waals surface area contributed by atoms with Gasteiger partial charge in [0.05, 0.1) is 25.0 Å². The third-order valence-corrected chi connectivity index (χ3v) is 5.13. The van der Waals surface area contributed by atoms with E-state index in [1.54, 1.807) is 0 Å². The Labute approximate surface area is 144 Å². The van der Waals surface area contributed by atoms with Crippen LogP contribution in [-0.4, -0.2) is 32.1 Å². The second-order valence-corrected chi connectivity index (χ2v) is 6.66. The summed E-state index contributed by atoms with van der Waals surface area (Å²) in [5, 5.41) is 7.81. The Morgan fingerprint density at radius 2 is 2.00 bits per heavy atom. The molecule has 0 fully saturated rings. The van der Waals surface area contributed by atoms with E-state index in [9.17, 15) is 4.79 Å². The van der Waals surface area contributed by atoms with Gasteiger partial charge in [-0.05, 0) is 35.4 Å². The van der Waals surface area contributed by atoms with Crippen molar-refractivity contribution in [3.63, 3.8) is 0 Å². The van der Waals surface area contributed by atoms with Gasteiger partial charge in [-0.3, -0.25) is 9.48 Å². The van der Waals surface area contributed by atoms with Crippen molar-refractivity contribution < 1.29 is 4.79 Å². The number of benzene rings is 2. The Kier molecular flexibility index (Phi) is 2.98. The first kappa shape index (κ1) is 14.3. The summed E-state index contributed by atoms with van der Waals surface area (Å²) >= 11 is 0. The molecule has 2 aromatic carbocycles. The number of aromatic nitrogens is 3. The number of carbonyl (C=O) groups excluding carboxylic acids is 1. The number of carbonyl (C=O) groups is 1. The van der Waals surface area contributed by atoms with Crippen LogP contribution in [0.1, 0.15) is 21.7 Å². The summed E-state index contributed by atoms with van der Waals surface area (Å²) in [7, 11) is 0. The molecular formula is C20H18N4O. The van der Waals surface area contributed by atoms with Gasteiger partial charge in [0, 0.05) is 17.4 Å². The molecule has 1 aliphatic rings. The molecule has 0 saturated heterocycles. The summed E-state index contributed by atoms with van der Waals surface area (Å²) in [5.74, 6) is 0.0483. The predicted octanol–water partition coefficient (Wildman–Crippen LogP) is 3.48. The summed E-state index contributed by atoms with van der Waals surface area (Å²) in [6.07, 6.45) is 1.87. The van der Waals surface area contributed by atoms with E-state index in [1.807, 2.05) is 47.0 Å². The van der Waals surface area contributed by atoms with Gasteiger partial charge in [-0.25, -0.2) is 0 Å². The molecule has 1 amide bonds. The van der Waals surface area contributed by atoms with E-state index in [-0.39, 0.29) is 5.91 Å². The van der Waals surface area contributed by atoms with Crippen LogP contribution in [0.5, 0.6) is 0 Å². The third-order valence-electron chi connectivity index (χ3n) is 5.13. The van der Waals surface area contributed by atoms with Crippen LogP contribution in [0.15, 0.2) is 48.7 Å². The second-order valence-electron chi connectivity index (χ2n) is 6.66. The Hall–Kier alpha value is -3.08. The number of hydrogen-bond acceptors (Lipinski definition) is 2. The lowest BCUT2D eigenvalue weighted by atomic mass is 10.1. The summed E-state index contributed by atoms with van der Waals surface area (Å²) in [5.41, 5.74) is 3.92. The van der Waals surface area contributed by atoms with Crippen molar-refractivity contribution in [2.24, 2.45) is 0 Å². The van der Waals surface area contributed by atoms with Crippen molar-refractivity contribution >= 4 is 27.6 Å². The smallest absolute Gasteiger partial charge is 0.270 e. The Morgan fingerprint density at radius 3 is 2.92 bits per heavy atom. The van der Waals surface area contributed by atoms with E-state index >= 15 is 0 Å². The maximum atomic E-state index is 13.0. The quantitative estimate of drug-likeness (QED) is 0.581. The van der Waals surface area contributed by atoms with E-state index < -0.39 is 0 Å². The Bertz CT molecular complexity index is 1120. The van der Waals surface area contributed by atoms with Gasteiger partial charge in [-0.15, -0.1) is 0 Å². The molecule has 5 rings (SSSR count). The molecule has 2 aromatic heterocycles. The molecule has 0 spiro atoms. The van der Waals surface area contributed by atoms with Crippen molar-refractivity contribution in [1.82, 2.24) is 19.7 Å². The number of hydrogen-bond donors (Lipinski definition) is 1. The number of amides is 1. The van der Waals surface area contributed by atoms with Crippen LogP contribution in [0.25, 0.3) is 21.7 Å². The van der Waals surface area contributed by atoms with Crippen molar-refractivity contribution in [3.8, 4) is 0 Å². The van der Waals surface area contributed by atoms with Gasteiger partial charge in [0.15, 0.2) is 0 Å². The van der Waals surface area contributed by atoms with Crippen molar-refractivity contribution in [1.29, 1.82) is 0 Å². The van der Waals surface area contributed by atoms with Gasteiger partial charge >= 0.3 is 0 Å². The maximum absolute atomic E-state index is 13.0. The SMILES string of the molecule is Cc1cnn2c1CN(C(=O)c1cc3c(ccc4ccccc43)[nH]1)CC2. The van der Waals surface area contributed by atoms with E-state index in [2.05, 4.69) is 28.3 Å². The van der Waals surface area contributed by atoms with E-state index in [0.717, 1.165) is 28.7 Å². The molecule has 4 aromatic rings. The molecular weight excluding hydrogens is 312 g/mol. The van der Waals surface area contributed by atoms with Crippen LogP contribution in [0.2, 0.25) is 0 Å². The molecule has 0 unspecified atom stereocenters. The zero-order chi connectivity index (χ0) is 17.0. The van der Waals surface area contributed by atoms with Crippen molar-refractivity contribution in [2.45, 2.75) is 20.0 Å². The molecule has 124 valence electrons. The number of fused-ring (bicyclic) bond motifs is 4. The number of nitrogens with one attached hydrogen (secondary N) is 1. The van der Waals surface area contributed by atoms with Crippen molar-refractivity contribution in [2.75, 3.05) is 6.54 Å². The highest BCUT2D eigenvalue weighted by atomic mass is 16.2. The molecule has 0 atom stereocenters. The van der Waals surface area contributed by atoms with Crippen LogP contribution in [0.4, 0.5) is 0 Å². The van der Waals surface area contributed by atoms with E-state index in [0.29, 0.717) is 18.8 Å². The maximum Gasteiger partial charge on any atom is 0.270 e. The van der Waals surface area contributed by atoms with Crippen LogP contribution < -0.4 is 0 Å². The molecule has 0 saturated carbocycles. The summed E-state index contributed by atoms with van der Waals surface area (Å²) in [6.45, 7) is 4.09. The molecule has 3 heterocycles. The largest absolute Gasteiger partial charge is 0.351 e. The third kappa shape index (κ3) is 2.16. The zero-order valence-corrected chi connectivity index (χ0v) is 14.0. The highest BCUT2D eigenvalue weighted by Gasteiger charge is 2.24. The van der Waals surface area contributed by atoms with Crippen LogP contribution in [0.3, 0.4) is 0 Å². The average Bonchev–Trinajstić information content (AvgIpc) is 3.25. The second kappa shape index (κ2) is 5.21. The summed E-state index contributed by atoms with van der Waals surface area (Å²) < 4.78 is 2.00. The molecule has 5 heteroatoms. The number of H-pyrrole nitrogens is 1. The van der Waals surface area contributed by atoms with E-state index in [1.165, 1.54) is 10.8 Å². The number of aryl methyl sites for hydroxylation is 1. The lowest BCUT2D eigenvalue weighted by Gasteiger charge is -2.27. The number of rotatable bonds is 1. The summed E-state index contributed by atoms with van der Waals surface area (Å²) in [4.78, 5) is 18.2. The number of aromatic amines is 1. The van der Waals surface area contributed by atoms with Gasteiger partial charge in [0.25, 0.3) is 5.91 Å². The fourth-order valence-electron chi connectivity index (χ4n) is 3.72. The number of nitrogens with zero attached hydrogens (tertiary/aromatic N) is 3. The highest BCUT2D eigenvalue weighted by molar-refractivity contribution is 6.09. The topological polar surface area (TPSA) is 53.9 Å². The molecule has 25 heavy (non-hydrogen) atoms. The minimum Gasteiger partial charge on any atom is -0.351 e. The molecule has 5 nitrogen and oxygen atoms in total. The lowest BCUT2D eigenvalue weighted by Crippen LogP contribution is -2.38. The monoisotopic (exact) mass is 330 g/mol. The Balaban J connectivity index is 1.54. The van der Waals surface area contributed by atoms with Crippen molar-refractivity contribution in [3.05, 3.63) is 65.6 Å². The van der Waals surface area contributed by atoms with Gasteiger partial charge in [0.2, 0.25) is 0 Å². The first-order valence-corrected chi connectivity index (χ1v) is 8.52. The minimum atomic E-state index is 0.0483. The fraction of sp³-hybridized carbons (Fsp3) is 0.200. The molecule has 0 bridgehead atoms. The van der Waals surface area contributed by atoms with Crippen LogP contribution >= 0.6 is 0 Å². The first-order chi connectivity index (χ1) is 12.2. The first-order valence-electron chi connectivity index (χ1n) is 8.52. The summed E-state index contributed by atoms with van der Waals surface area (Å²) in [6, 6.07) is 14.4. The van der Waals surface area contributed by atoms with Crippen LogP contribution in [0, 0.1) is 6.92 Å². The molecule has 0 radical (unpaired) electrons. The van der Waals surface area contributed by atoms with Gasteiger partial charge in [-0.2, -0.15) is 5.10 Å². The van der Waals surface area contributed by atoms with Gasteiger partial charge < -0.3 is 9.88 Å².